The van der Waals surface area contributed by atoms with E-state index in [1.54, 1.807) is 25.1 Å². The second-order valence-electron chi connectivity index (χ2n) is 20.2. The van der Waals surface area contributed by atoms with Crippen molar-refractivity contribution in [3.63, 3.8) is 0 Å². The van der Waals surface area contributed by atoms with Crippen LogP contribution < -0.4 is 10.4 Å². The van der Waals surface area contributed by atoms with Gasteiger partial charge in [0.2, 0.25) is 0 Å². The molecule has 0 unspecified atom stereocenters. The highest BCUT2D eigenvalue weighted by molar-refractivity contribution is 5.90. The monoisotopic (exact) mass is 974 g/mol. The number of aliphatic hydroxyl groups excluding tert-OH is 3. The molecule has 11 nitrogen and oxygen atoms in total. The number of benzene rings is 5. The number of ether oxygens (including phenoxy) is 4. The maximum atomic E-state index is 15.2. The number of hydrogen-bond donors (Lipinski definition) is 3. The third kappa shape index (κ3) is 11.5. The van der Waals surface area contributed by atoms with Crippen molar-refractivity contribution < 1.29 is 48.3 Å². The van der Waals surface area contributed by atoms with Crippen LogP contribution in [-0.2, 0) is 43.1 Å². The van der Waals surface area contributed by atoms with Crippen LogP contribution in [0, 0.1) is 5.92 Å². The van der Waals surface area contributed by atoms with Crippen LogP contribution in [0.2, 0.25) is 0 Å². The largest absolute Gasteiger partial charge is 0.483 e. The SMILES string of the molecule is C/C(CO)=C1\CCc2ccc(cc2)[C@@H]2CC[C@H](c3cccc(Cc4ccccc4)c3)C[C@@H]2CC(=O)O[C@@H]2c3c(ccc4cc([C@H](CCO)COCO)c(=O)oc34)O[C@@](C)(CCCc3ccccc3)[C@H]2OC1=O. The summed E-state index contributed by atoms with van der Waals surface area (Å²) in [6.45, 7) is 2.40. The Morgan fingerprint density at radius 1 is 0.792 bits per heavy atom. The van der Waals surface area contributed by atoms with Gasteiger partial charge in [0.1, 0.15) is 23.7 Å². The molecule has 7 atom stereocenters. The number of carbonyl (C=O) groups excluding carboxylic acids is 2. The summed E-state index contributed by atoms with van der Waals surface area (Å²) in [6.07, 6.45) is 3.66. The predicted molar refractivity (Wildman–Crippen MR) is 275 cm³/mol. The van der Waals surface area contributed by atoms with E-state index >= 15 is 4.79 Å². The van der Waals surface area contributed by atoms with Crippen molar-refractivity contribution >= 4 is 22.9 Å². The van der Waals surface area contributed by atoms with Gasteiger partial charge in [0.05, 0.1) is 18.8 Å². The lowest BCUT2D eigenvalue weighted by molar-refractivity contribution is -0.192. The zero-order chi connectivity index (χ0) is 50.2. The number of rotatable bonds is 14. The van der Waals surface area contributed by atoms with Crippen LogP contribution in [0.15, 0.2) is 148 Å². The molecule has 0 amide bonds. The molecular weight excluding hydrogens is 909 g/mol. The molecule has 1 aromatic heterocycles. The fraction of sp³-hybridized carbons (Fsp3) is 0.393. The molecule has 6 aromatic rings. The van der Waals surface area contributed by atoms with Gasteiger partial charge in [0.15, 0.2) is 12.2 Å². The molecule has 0 radical (unpaired) electrons. The maximum Gasteiger partial charge on any atom is 0.339 e. The van der Waals surface area contributed by atoms with E-state index in [1.807, 2.05) is 31.2 Å². The molecule has 11 heteroatoms. The zero-order valence-corrected chi connectivity index (χ0v) is 41.3. The molecule has 4 heterocycles. The molecule has 1 fully saturated rings. The van der Waals surface area contributed by atoms with Gasteiger partial charge in [-0.15, -0.1) is 0 Å². The van der Waals surface area contributed by atoms with Crippen molar-refractivity contribution in [2.24, 2.45) is 5.92 Å². The molecule has 0 saturated heterocycles. The molecule has 2 bridgehead atoms. The summed E-state index contributed by atoms with van der Waals surface area (Å²) in [4.78, 5) is 44.1. The Labute approximate surface area is 421 Å². The highest BCUT2D eigenvalue weighted by atomic mass is 16.6. The Bertz CT molecular complexity index is 2910. The van der Waals surface area contributed by atoms with E-state index in [2.05, 4.69) is 84.9 Å². The molecule has 3 N–H and O–H groups in total. The molecule has 72 heavy (non-hydrogen) atoms. The second kappa shape index (κ2) is 23.0. The lowest BCUT2D eigenvalue weighted by Gasteiger charge is -2.45. The van der Waals surface area contributed by atoms with E-state index in [9.17, 15) is 24.9 Å². The fourth-order valence-corrected chi connectivity index (χ4v) is 11.5. The van der Waals surface area contributed by atoms with Crippen molar-refractivity contribution in [3.8, 4) is 5.75 Å². The van der Waals surface area contributed by atoms with Crippen LogP contribution in [0.1, 0.15) is 134 Å². The lowest BCUT2D eigenvalue weighted by Crippen LogP contribution is -2.54. The van der Waals surface area contributed by atoms with Crippen LogP contribution in [0.4, 0.5) is 0 Å². The topological polar surface area (TPSA) is 162 Å². The first-order valence-corrected chi connectivity index (χ1v) is 25.6. The molecule has 1 aliphatic carbocycles. The van der Waals surface area contributed by atoms with Gasteiger partial charge in [-0.2, -0.15) is 0 Å². The quantitative estimate of drug-likeness (QED) is 0.0412. The molecule has 1 saturated carbocycles. The van der Waals surface area contributed by atoms with Crippen molar-refractivity contribution in [2.75, 3.05) is 26.6 Å². The average molecular weight is 975 g/mol. The van der Waals surface area contributed by atoms with Gasteiger partial charge in [-0.1, -0.05) is 109 Å². The Kier molecular flexibility index (Phi) is 16.2. The number of fused-ring (bicyclic) bond motifs is 11. The zero-order valence-electron chi connectivity index (χ0n) is 41.3. The van der Waals surface area contributed by atoms with Gasteiger partial charge < -0.3 is 38.7 Å². The number of esters is 2. The molecule has 376 valence electrons. The minimum Gasteiger partial charge on any atom is -0.483 e. The Morgan fingerprint density at radius 2 is 1.54 bits per heavy atom. The van der Waals surface area contributed by atoms with E-state index in [-0.39, 0.29) is 73.5 Å². The highest BCUT2D eigenvalue weighted by Gasteiger charge is 2.53. The van der Waals surface area contributed by atoms with Crippen LogP contribution in [0.5, 0.6) is 5.75 Å². The smallest absolute Gasteiger partial charge is 0.339 e. The summed E-state index contributed by atoms with van der Waals surface area (Å²) < 4.78 is 32.0. The Morgan fingerprint density at radius 3 is 2.28 bits per heavy atom. The molecule has 10 rings (SSSR count). The third-order valence-corrected chi connectivity index (χ3v) is 15.4. The van der Waals surface area contributed by atoms with Gasteiger partial charge in [0.25, 0.3) is 0 Å². The normalized spacial score (nSPS) is 23.5. The van der Waals surface area contributed by atoms with Gasteiger partial charge in [-0.3, -0.25) is 4.79 Å². The van der Waals surface area contributed by atoms with Gasteiger partial charge in [-0.05, 0) is 153 Å². The number of carbonyl (C=O) groups is 2. The van der Waals surface area contributed by atoms with Gasteiger partial charge >= 0.3 is 17.6 Å². The van der Waals surface area contributed by atoms with Gasteiger partial charge in [-0.25, -0.2) is 9.59 Å². The minimum atomic E-state index is -1.29. The first-order valence-electron chi connectivity index (χ1n) is 25.6. The van der Waals surface area contributed by atoms with Crippen LogP contribution in [0.3, 0.4) is 0 Å². The van der Waals surface area contributed by atoms with Crippen molar-refractivity contribution in [3.05, 3.63) is 193 Å². The van der Waals surface area contributed by atoms with Crippen molar-refractivity contribution in [1.82, 2.24) is 0 Å². The van der Waals surface area contributed by atoms with Crippen LogP contribution >= 0.6 is 0 Å². The summed E-state index contributed by atoms with van der Waals surface area (Å²) in [7, 11) is 0. The van der Waals surface area contributed by atoms with Gasteiger partial charge in [0, 0.05) is 35.5 Å². The molecule has 0 spiro atoms. The molecule has 4 aliphatic rings. The number of hydrogen-bond acceptors (Lipinski definition) is 11. The Balaban J connectivity index is 1.14. The summed E-state index contributed by atoms with van der Waals surface area (Å²) >= 11 is 0. The second-order valence-corrected chi connectivity index (χ2v) is 20.2. The first-order chi connectivity index (χ1) is 35.0. The van der Waals surface area contributed by atoms with Crippen LogP contribution in [-0.4, -0.2) is 65.6 Å². The molecule has 5 aromatic carbocycles. The van der Waals surface area contributed by atoms with E-state index in [4.69, 9.17) is 23.4 Å². The number of aliphatic hydroxyl groups is 3. The molecule has 3 aliphatic heterocycles. The minimum absolute atomic E-state index is 0.0315. The summed E-state index contributed by atoms with van der Waals surface area (Å²) in [5.74, 6) is -1.26. The summed E-state index contributed by atoms with van der Waals surface area (Å²) in [5.41, 5.74) is 6.49. The molecular formula is C61H66O11. The van der Waals surface area contributed by atoms with Crippen molar-refractivity contribution in [2.45, 2.75) is 120 Å². The first kappa shape index (κ1) is 50.6. The number of aryl methyl sites for hydroxylation is 2. The van der Waals surface area contributed by atoms with Crippen molar-refractivity contribution in [1.29, 1.82) is 0 Å². The third-order valence-electron chi connectivity index (χ3n) is 15.4. The predicted octanol–water partition coefficient (Wildman–Crippen LogP) is 10.5. The highest BCUT2D eigenvalue weighted by Crippen LogP contribution is 2.51. The summed E-state index contributed by atoms with van der Waals surface area (Å²) in [6, 6.07) is 43.1. The standard InChI is InChI=1S/C61H66O11/c1-39(36-63)50-25-20-41-18-21-44(22-19-41)51-26-23-46(45-17-9-15-43(32-45)31-42-13-7-4-8-14-42)33-49(51)35-54(65)69-57-55-53(27-24-47-34-52(60(67)70-56(47)55)48(28-30-62)37-68-38-64)72-61(2,58(57)71-59(50)66)29-10-16-40-11-5-3-6-12-40/h3-9,11-15,17-19,21-22,24,27,32,34,46,48-49,51,57-58,62-64H,10,16,20,23,25-26,28-31,33,35-38H2,1-2H3/b50-39-/t46-,48+,49+,51-,57+,58-,61-/m0/s1. The van der Waals surface area contributed by atoms with E-state index in [0.717, 1.165) is 42.4 Å². The average Bonchev–Trinajstić information content (AvgIpc) is 3.39. The van der Waals surface area contributed by atoms with Crippen LogP contribution in [0.25, 0.3) is 11.0 Å². The lowest BCUT2D eigenvalue weighted by atomic mass is 9.68. The fourth-order valence-electron chi connectivity index (χ4n) is 11.5. The summed E-state index contributed by atoms with van der Waals surface area (Å²) in [5, 5.41) is 30.4. The Hall–Kier alpha value is -6.37. The van der Waals surface area contributed by atoms with E-state index < -0.39 is 48.1 Å². The van der Waals surface area contributed by atoms with E-state index in [1.165, 1.54) is 16.7 Å². The van der Waals surface area contributed by atoms with E-state index in [0.29, 0.717) is 48.0 Å². The maximum absolute atomic E-state index is 15.2.